The monoisotopic (exact) mass is 176 g/mol. The Morgan fingerprint density at radius 2 is 1.55 bits per heavy atom. The molecule has 0 radical (unpaired) electrons. The molecule has 5 heteroatoms. The van der Waals surface area contributed by atoms with E-state index in [-0.39, 0.29) is 0 Å². The molecule has 0 amide bonds. The van der Waals surface area contributed by atoms with Crippen molar-refractivity contribution in [3.8, 4) is 0 Å². The molecule has 0 bridgehead atoms. The van der Waals surface area contributed by atoms with E-state index in [1.54, 1.807) is 0 Å². The molecule has 0 aromatic rings. The SMILES string of the molecule is CCC(F)(F)C(F)(F)[C@H](C)F. The van der Waals surface area contributed by atoms with Gasteiger partial charge in [0.05, 0.1) is 0 Å². The summed E-state index contributed by atoms with van der Waals surface area (Å²) < 4.78 is 60.7. The summed E-state index contributed by atoms with van der Waals surface area (Å²) in [4.78, 5) is 0. The number of halogens is 5. The molecule has 0 heterocycles. The van der Waals surface area contributed by atoms with Crippen molar-refractivity contribution in [2.24, 2.45) is 0 Å². The quantitative estimate of drug-likeness (QED) is 0.580. The first-order chi connectivity index (χ1) is 4.75. The van der Waals surface area contributed by atoms with Crippen molar-refractivity contribution in [3.05, 3.63) is 0 Å². The third-order valence-electron chi connectivity index (χ3n) is 1.43. The molecule has 0 aromatic heterocycles. The van der Waals surface area contributed by atoms with E-state index in [4.69, 9.17) is 0 Å². The van der Waals surface area contributed by atoms with Gasteiger partial charge in [0, 0.05) is 6.42 Å². The Morgan fingerprint density at radius 1 is 1.18 bits per heavy atom. The van der Waals surface area contributed by atoms with Gasteiger partial charge in [-0.25, -0.2) is 4.39 Å². The molecule has 68 valence electrons. The molecule has 0 saturated heterocycles. The van der Waals surface area contributed by atoms with Gasteiger partial charge in [-0.1, -0.05) is 6.92 Å². The van der Waals surface area contributed by atoms with Crippen molar-refractivity contribution < 1.29 is 22.0 Å². The van der Waals surface area contributed by atoms with Crippen LogP contribution in [-0.4, -0.2) is 18.0 Å². The number of hydrogen-bond donors (Lipinski definition) is 0. The summed E-state index contributed by atoms with van der Waals surface area (Å²) in [7, 11) is 0. The molecule has 0 aliphatic carbocycles. The van der Waals surface area contributed by atoms with Crippen LogP contribution in [0.25, 0.3) is 0 Å². The zero-order chi connectivity index (χ0) is 9.28. The van der Waals surface area contributed by atoms with E-state index in [2.05, 4.69) is 0 Å². The largest absolute Gasteiger partial charge is 0.340 e. The fourth-order valence-corrected chi connectivity index (χ4v) is 0.527. The number of alkyl halides is 5. The highest BCUT2D eigenvalue weighted by molar-refractivity contribution is 4.87. The van der Waals surface area contributed by atoms with E-state index in [9.17, 15) is 22.0 Å². The first-order valence-electron chi connectivity index (χ1n) is 3.15. The smallest absolute Gasteiger partial charge is 0.241 e. The molecular formula is C6H9F5. The first kappa shape index (κ1) is 10.7. The van der Waals surface area contributed by atoms with Crippen LogP contribution in [0.5, 0.6) is 0 Å². The van der Waals surface area contributed by atoms with Crippen LogP contribution in [0.2, 0.25) is 0 Å². The van der Waals surface area contributed by atoms with Crippen molar-refractivity contribution in [2.75, 3.05) is 0 Å². The molecule has 1 atom stereocenters. The van der Waals surface area contributed by atoms with Gasteiger partial charge in [0.1, 0.15) is 0 Å². The maximum Gasteiger partial charge on any atom is 0.340 e. The van der Waals surface area contributed by atoms with Crippen LogP contribution < -0.4 is 0 Å². The second kappa shape index (κ2) is 2.95. The van der Waals surface area contributed by atoms with Crippen LogP contribution in [0.4, 0.5) is 22.0 Å². The number of rotatable bonds is 3. The highest BCUT2D eigenvalue weighted by atomic mass is 19.3. The lowest BCUT2D eigenvalue weighted by Crippen LogP contribution is -2.46. The molecule has 11 heavy (non-hydrogen) atoms. The van der Waals surface area contributed by atoms with Gasteiger partial charge in [-0.2, -0.15) is 17.6 Å². The molecule has 0 rings (SSSR count). The zero-order valence-electron chi connectivity index (χ0n) is 6.17. The lowest BCUT2D eigenvalue weighted by molar-refractivity contribution is -0.236. The third kappa shape index (κ3) is 1.81. The molecule has 0 saturated carbocycles. The average molecular weight is 176 g/mol. The second-order valence-corrected chi connectivity index (χ2v) is 2.30. The van der Waals surface area contributed by atoms with Gasteiger partial charge in [0.2, 0.25) is 0 Å². The Hall–Kier alpha value is -0.350. The summed E-state index contributed by atoms with van der Waals surface area (Å²) in [5.41, 5.74) is 0. The second-order valence-electron chi connectivity index (χ2n) is 2.30. The van der Waals surface area contributed by atoms with Crippen molar-refractivity contribution in [1.82, 2.24) is 0 Å². The molecule has 0 N–H and O–H groups in total. The van der Waals surface area contributed by atoms with Gasteiger partial charge >= 0.3 is 11.8 Å². The van der Waals surface area contributed by atoms with Crippen molar-refractivity contribution in [1.29, 1.82) is 0 Å². The summed E-state index contributed by atoms with van der Waals surface area (Å²) in [6.45, 7) is 1.31. The van der Waals surface area contributed by atoms with Crippen LogP contribution in [0.1, 0.15) is 20.3 Å². The lowest BCUT2D eigenvalue weighted by atomic mass is 10.1. The van der Waals surface area contributed by atoms with Crippen LogP contribution in [0, 0.1) is 0 Å². The van der Waals surface area contributed by atoms with Gasteiger partial charge in [-0.15, -0.1) is 0 Å². The fourth-order valence-electron chi connectivity index (χ4n) is 0.527. The molecule has 0 fully saturated rings. The van der Waals surface area contributed by atoms with Gasteiger partial charge in [-0.3, -0.25) is 0 Å². The maximum atomic E-state index is 12.2. The Morgan fingerprint density at radius 3 is 1.64 bits per heavy atom. The molecule has 0 aromatic carbocycles. The summed E-state index contributed by atoms with van der Waals surface area (Å²) in [5.74, 6) is -8.80. The van der Waals surface area contributed by atoms with Gasteiger partial charge in [0.25, 0.3) is 0 Å². The Bertz CT molecular complexity index is 129. The highest BCUT2D eigenvalue weighted by Gasteiger charge is 2.58. The van der Waals surface area contributed by atoms with Crippen LogP contribution in [-0.2, 0) is 0 Å². The molecular weight excluding hydrogens is 167 g/mol. The first-order valence-corrected chi connectivity index (χ1v) is 3.15. The van der Waals surface area contributed by atoms with E-state index in [1.165, 1.54) is 0 Å². The van der Waals surface area contributed by atoms with Crippen molar-refractivity contribution in [2.45, 2.75) is 38.3 Å². The van der Waals surface area contributed by atoms with Gasteiger partial charge in [-0.05, 0) is 6.92 Å². The summed E-state index contributed by atoms with van der Waals surface area (Å²) in [6.07, 6.45) is -3.88. The topological polar surface area (TPSA) is 0 Å². The predicted octanol–water partition coefficient (Wildman–Crippen LogP) is 3.03. The fraction of sp³-hybridized carbons (Fsp3) is 1.00. The van der Waals surface area contributed by atoms with E-state index in [1.807, 2.05) is 0 Å². The normalized spacial score (nSPS) is 16.6. The molecule has 0 aliphatic heterocycles. The standard InChI is InChI=1S/C6H9F5/c1-3-5(8,9)6(10,11)4(2)7/h4H,3H2,1-2H3/t4-/m0/s1. The van der Waals surface area contributed by atoms with E-state index >= 15 is 0 Å². The Labute approximate surface area is 61.4 Å². The van der Waals surface area contributed by atoms with Crippen molar-refractivity contribution in [3.63, 3.8) is 0 Å². The van der Waals surface area contributed by atoms with E-state index < -0.39 is 24.4 Å². The minimum Gasteiger partial charge on any atom is -0.241 e. The van der Waals surface area contributed by atoms with Crippen LogP contribution in [0.3, 0.4) is 0 Å². The highest BCUT2D eigenvalue weighted by Crippen LogP contribution is 2.40. The Balaban J connectivity index is 4.53. The van der Waals surface area contributed by atoms with E-state index in [0.29, 0.717) is 6.92 Å². The molecule has 0 spiro atoms. The van der Waals surface area contributed by atoms with Gasteiger partial charge < -0.3 is 0 Å². The van der Waals surface area contributed by atoms with E-state index in [0.717, 1.165) is 6.92 Å². The Kier molecular flexibility index (Phi) is 2.85. The number of hydrogen-bond acceptors (Lipinski definition) is 0. The minimum atomic E-state index is -4.55. The summed E-state index contributed by atoms with van der Waals surface area (Å²) in [5, 5.41) is 0. The zero-order valence-corrected chi connectivity index (χ0v) is 6.17. The third-order valence-corrected chi connectivity index (χ3v) is 1.43. The summed E-state index contributed by atoms with van der Waals surface area (Å²) in [6, 6.07) is 0. The van der Waals surface area contributed by atoms with Gasteiger partial charge in [0.15, 0.2) is 6.17 Å². The molecule has 0 unspecified atom stereocenters. The molecule has 0 nitrogen and oxygen atoms in total. The minimum absolute atomic E-state index is 0.420. The predicted molar refractivity (Wildman–Crippen MR) is 30.8 cm³/mol. The average Bonchev–Trinajstić information content (AvgIpc) is 1.87. The van der Waals surface area contributed by atoms with Crippen molar-refractivity contribution >= 4 is 0 Å². The van der Waals surface area contributed by atoms with Crippen LogP contribution >= 0.6 is 0 Å². The van der Waals surface area contributed by atoms with Crippen LogP contribution in [0.15, 0.2) is 0 Å². The maximum absolute atomic E-state index is 12.2. The lowest BCUT2D eigenvalue weighted by Gasteiger charge is -2.26. The summed E-state index contributed by atoms with van der Waals surface area (Å²) >= 11 is 0. The molecule has 0 aliphatic rings.